The number of hydrogen-bond donors (Lipinski definition) is 1. The van der Waals surface area contributed by atoms with Crippen molar-refractivity contribution in [2.45, 2.75) is 6.42 Å². The third-order valence-corrected chi connectivity index (χ3v) is 4.99. The van der Waals surface area contributed by atoms with E-state index in [1.165, 1.54) is 0 Å². The standard InChI is InChI=1S/C22H25N5O3/c1-29-19-9-5-6-17(14-19)22-25-24-20(27(22)18-7-3-2-4-8-18)15-21(28)23-16-26-10-12-30-13-11-26/h2-9,14H,10-13,15-16H2,1H3,(H,23,28). The van der Waals surface area contributed by atoms with Crippen LogP contribution in [0, 0.1) is 0 Å². The summed E-state index contributed by atoms with van der Waals surface area (Å²) in [4.78, 5) is 14.8. The number of morpholine rings is 1. The number of nitrogens with zero attached hydrogens (tertiary/aromatic N) is 4. The Morgan fingerprint density at radius 2 is 1.90 bits per heavy atom. The zero-order chi connectivity index (χ0) is 20.8. The zero-order valence-electron chi connectivity index (χ0n) is 17.0. The smallest absolute Gasteiger partial charge is 0.228 e. The molecule has 4 rings (SSSR count). The molecule has 3 aromatic rings. The largest absolute Gasteiger partial charge is 0.497 e. The molecule has 2 heterocycles. The average Bonchev–Trinajstić information content (AvgIpc) is 3.22. The van der Waals surface area contributed by atoms with E-state index in [9.17, 15) is 4.79 Å². The van der Waals surface area contributed by atoms with Gasteiger partial charge >= 0.3 is 0 Å². The van der Waals surface area contributed by atoms with Gasteiger partial charge in [0.1, 0.15) is 11.6 Å². The third kappa shape index (κ3) is 4.67. The molecule has 1 saturated heterocycles. The average molecular weight is 407 g/mol. The Balaban J connectivity index is 1.58. The third-order valence-electron chi connectivity index (χ3n) is 4.99. The van der Waals surface area contributed by atoms with Crippen LogP contribution >= 0.6 is 0 Å². The summed E-state index contributed by atoms with van der Waals surface area (Å²) in [7, 11) is 1.63. The van der Waals surface area contributed by atoms with Crippen molar-refractivity contribution < 1.29 is 14.3 Å². The molecule has 1 amide bonds. The van der Waals surface area contributed by atoms with E-state index in [2.05, 4.69) is 20.4 Å². The number of amides is 1. The van der Waals surface area contributed by atoms with Gasteiger partial charge in [-0.1, -0.05) is 30.3 Å². The summed E-state index contributed by atoms with van der Waals surface area (Å²) >= 11 is 0. The molecule has 0 saturated carbocycles. The van der Waals surface area contributed by atoms with E-state index in [-0.39, 0.29) is 12.3 Å². The van der Waals surface area contributed by atoms with Gasteiger partial charge in [0.05, 0.1) is 33.4 Å². The summed E-state index contributed by atoms with van der Waals surface area (Å²) in [5.41, 5.74) is 1.77. The molecule has 1 aromatic heterocycles. The van der Waals surface area contributed by atoms with E-state index in [0.717, 1.165) is 30.1 Å². The van der Waals surface area contributed by atoms with Gasteiger partial charge in [0.2, 0.25) is 5.91 Å². The predicted molar refractivity (Wildman–Crippen MR) is 112 cm³/mol. The van der Waals surface area contributed by atoms with Crippen LogP contribution < -0.4 is 10.1 Å². The molecule has 1 aliphatic rings. The number of carbonyl (C=O) groups is 1. The molecular formula is C22H25N5O3. The van der Waals surface area contributed by atoms with Crippen LogP contribution in [-0.4, -0.2) is 65.7 Å². The molecule has 8 heteroatoms. The number of para-hydroxylation sites is 1. The number of carbonyl (C=O) groups excluding carboxylic acids is 1. The maximum absolute atomic E-state index is 12.6. The van der Waals surface area contributed by atoms with E-state index < -0.39 is 0 Å². The first-order valence-corrected chi connectivity index (χ1v) is 9.95. The van der Waals surface area contributed by atoms with Crippen LogP contribution in [-0.2, 0) is 16.0 Å². The maximum Gasteiger partial charge on any atom is 0.228 e. The van der Waals surface area contributed by atoms with Crippen molar-refractivity contribution >= 4 is 5.91 Å². The molecule has 8 nitrogen and oxygen atoms in total. The first kappa shape index (κ1) is 20.1. The Morgan fingerprint density at radius 1 is 1.10 bits per heavy atom. The zero-order valence-corrected chi connectivity index (χ0v) is 17.0. The van der Waals surface area contributed by atoms with Gasteiger partial charge in [-0.3, -0.25) is 14.3 Å². The summed E-state index contributed by atoms with van der Waals surface area (Å²) in [6, 6.07) is 17.5. The van der Waals surface area contributed by atoms with Gasteiger partial charge in [-0.15, -0.1) is 10.2 Å². The van der Waals surface area contributed by atoms with Crippen molar-refractivity contribution in [1.29, 1.82) is 0 Å². The van der Waals surface area contributed by atoms with Crippen molar-refractivity contribution in [3.05, 3.63) is 60.4 Å². The fourth-order valence-electron chi connectivity index (χ4n) is 3.39. The summed E-state index contributed by atoms with van der Waals surface area (Å²) in [5, 5.41) is 11.7. The highest BCUT2D eigenvalue weighted by Crippen LogP contribution is 2.26. The van der Waals surface area contributed by atoms with Gasteiger partial charge in [0.25, 0.3) is 0 Å². The molecule has 1 aliphatic heterocycles. The second-order valence-electron chi connectivity index (χ2n) is 7.01. The van der Waals surface area contributed by atoms with Crippen molar-refractivity contribution in [2.75, 3.05) is 40.1 Å². The first-order chi connectivity index (χ1) is 14.7. The summed E-state index contributed by atoms with van der Waals surface area (Å²) in [6.07, 6.45) is 0.135. The fraction of sp³-hybridized carbons (Fsp3) is 0.318. The van der Waals surface area contributed by atoms with Crippen molar-refractivity contribution in [2.24, 2.45) is 0 Å². The highest BCUT2D eigenvalue weighted by Gasteiger charge is 2.19. The lowest BCUT2D eigenvalue weighted by Crippen LogP contribution is -2.44. The van der Waals surface area contributed by atoms with E-state index in [1.807, 2.05) is 59.2 Å². The lowest BCUT2D eigenvalue weighted by Gasteiger charge is -2.26. The van der Waals surface area contributed by atoms with Gasteiger partial charge in [-0.05, 0) is 24.3 Å². The molecule has 2 aromatic carbocycles. The Bertz CT molecular complexity index is 983. The van der Waals surface area contributed by atoms with Crippen LogP contribution in [0.4, 0.5) is 0 Å². The molecule has 0 spiro atoms. The van der Waals surface area contributed by atoms with Crippen LogP contribution in [0.5, 0.6) is 5.75 Å². The molecule has 0 radical (unpaired) electrons. The Morgan fingerprint density at radius 3 is 2.67 bits per heavy atom. The minimum atomic E-state index is -0.0942. The number of benzene rings is 2. The molecule has 30 heavy (non-hydrogen) atoms. The van der Waals surface area contributed by atoms with Gasteiger partial charge in [-0.2, -0.15) is 0 Å². The SMILES string of the molecule is COc1cccc(-c2nnc(CC(=O)NCN3CCOCC3)n2-c2ccccc2)c1. The Labute approximate surface area is 175 Å². The van der Waals surface area contributed by atoms with Crippen molar-refractivity contribution in [1.82, 2.24) is 25.0 Å². The number of rotatable bonds is 7. The fourth-order valence-corrected chi connectivity index (χ4v) is 3.39. The van der Waals surface area contributed by atoms with E-state index >= 15 is 0 Å². The monoisotopic (exact) mass is 407 g/mol. The van der Waals surface area contributed by atoms with Crippen LogP contribution in [0.15, 0.2) is 54.6 Å². The molecule has 0 unspecified atom stereocenters. The van der Waals surface area contributed by atoms with E-state index in [1.54, 1.807) is 7.11 Å². The molecule has 0 atom stereocenters. The quantitative estimate of drug-likeness (QED) is 0.644. The number of methoxy groups -OCH3 is 1. The molecule has 156 valence electrons. The second kappa shape index (κ2) is 9.51. The lowest BCUT2D eigenvalue weighted by molar-refractivity contribution is -0.121. The number of nitrogens with one attached hydrogen (secondary N) is 1. The number of hydrogen-bond acceptors (Lipinski definition) is 6. The van der Waals surface area contributed by atoms with Gasteiger partial charge in [-0.25, -0.2) is 0 Å². The number of ether oxygens (including phenoxy) is 2. The van der Waals surface area contributed by atoms with Crippen LogP contribution in [0.25, 0.3) is 17.1 Å². The van der Waals surface area contributed by atoms with Crippen LogP contribution in [0.1, 0.15) is 5.82 Å². The van der Waals surface area contributed by atoms with Crippen molar-refractivity contribution in [3.63, 3.8) is 0 Å². The van der Waals surface area contributed by atoms with Crippen molar-refractivity contribution in [3.8, 4) is 22.8 Å². The first-order valence-electron chi connectivity index (χ1n) is 9.95. The highest BCUT2D eigenvalue weighted by molar-refractivity contribution is 5.78. The Kier molecular flexibility index (Phi) is 6.36. The summed E-state index contributed by atoms with van der Waals surface area (Å²) in [6.45, 7) is 3.54. The van der Waals surface area contributed by atoms with Gasteiger partial charge < -0.3 is 14.8 Å². The Hall–Kier alpha value is -3.23. The molecular weight excluding hydrogens is 382 g/mol. The summed E-state index contributed by atoms with van der Waals surface area (Å²) in [5.74, 6) is 1.89. The normalized spacial score (nSPS) is 14.4. The summed E-state index contributed by atoms with van der Waals surface area (Å²) < 4.78 is 12.6. The minimum Gasteiger partial charge on any atom is -0.497 e. The number of aromatic nitrogens is 3. The lowest BCUT2D eigenvalue weighted by atomic mass is 10.2. The molecule has 1 N–H and O–H groups in total. The van der Waals surface area contributed by atoms with E-state index in [4.69, 9.17) is 9.47 Å². The van der Waals surface area contributed by atoms with Crippen LogP contribution in [0.2, 0.25) is 0 Å². The maximum atomic E-state index is 12.6. The molecule has 0 aliphatic carbocycles. The van der Waals surface area contributed by atoms with Crippen LogP contribution in [0.3, 0.4) is 0 Å². The van der Waals surface area contributed by atoms with Gasteiger partial charge in [0, 0.05) is 24.3 Å². The second-order valence-corrected chi connectivity index (χ2v) is 7.01. The van der Waals surface area contributed by atoms with Gasteiger partial charge in [0.15, 0.2) is 5.82 Å². The molecule has 1 fully saturated rings. The minimum absolute atomic E-state index is 0.0942. The predicted octanol–water partition coefficient (Wildman–Crippen LogP) is 1.89. The topological polar surface area (TPSA) is 81.5 Å². The highest BCUT2D eigenvalue weighted by atomic mass is 16.5. The van der Waals surface area contributed by atoms with E-state index in [0.29, 0.717) is 31.5 Å². The molecule has 0 bridgehead atoms.